The number of thioether (sulfide) groups is 1. The molecule has 0 radical (unpaired) electrons. The fraction of sp³-hybridized carbons (Fsp3) is 0.364. The van der Waals surface area contributed by atoms with Crippen molar-refractivity contribution < 1.29 is 9.59 Å². The van der Waals surface area contributed by atoms with E-state index >= 15 is 0 Å². The third-order valence-electron chi connectivity index (χ3n) is 4.66. The van der Waals surface area contributed by atoms with Gasteiger partial charge in [0, 0.05) is 23.4 Å². The molecular formula is C22H26N2O2S. The van der Waals surface area contributed by atoms with Crippen LogP contribution in [0.3, 0.4) is 0 Å². The van der Waals surface area contributed by atoms with Gasteiger partial charge in [0.15, 0.2) is 0 Å². The maximum absolute atomic E-state index is 12.8. The highest BCUT2D eigenvalue weighted by molar-refractivity contribution is 8.00. The zero-order chi connectivity index (χ0) is 19.4. The molecule has 0 unspecified atom stereocenters. The lowest BCUT2D eigenvalue weighted by Crippen LogP contribution is -2.29. The van der Waals surface area contributed by atoms with Crippen LogP contribution >= 0.6 is 11.8 Å². The van der Waals surface area contributed by atoms with Gasteiger partial charge in [-0.1, -0.05) is 57.2 Å². The third-order valence-corrected chi connectivity index (χ3v) is 5.86. The first-order chi connectivity index (χ1) is 13.0. The standard InChI is InChI=1S/C22H26N2O2S/c1-4-9-20(25)23-18-12-7-5-11-17(18)22-24(21(26)14-27-22)19-13-8-6-10-16(19)15(2)3/h5-8,10-13,15,22H,4,9,14H2,1-3H3,(H,23,25)/t22-/m1/s1. The van der Waals surface area contributed by atoms with Gasteiger partial charge in [-0.2, -0.15) is 0 Å². The van der Waals surface area contributed by atoms with Crippen molar-refractivity contribution in [3.63, 3.8) is 0 Å². The van der Waals surface area contributed by atoms with Gasteiger partial charge in [-0.15, -0.1) is 11.8 Å². The van der Waals surface area contributed by atoms with Crippen molar-refractivity contribution in [2.24, 2.45) is 0 Å². The van der Waals surface area contributed by atoms with Crippen LogP contribution in [0.5, 0.6) is 0 Å². The molecule has 1 saturated heterocycles. The maximum Gasteiger partial charge on any atom is 0.238 e. The van der Waals surface area contributed by atoms with Gasteiger partial charge in [0.2, 0.25) is 11.8 Å². The Morgan fingerprint density at radius 3 is 2.63 bits per heavy atom. The van der Waals surface area contributed by atoms with Gasteiger partial charge in [-0.3, -0.25) is 14.5 Å². The topological polar surface area (TPSA) is 49.4 Å². The summed E-state index contributed by atoms with van der Waals surface area (Å²) >= 11 is 1.61. The number of carbonyl (C=O) groups excluding carboxylic acids is 2. The summed E-state index contributed by atoms with van der Waals surface area (Å²) in [5.74, 6) is 0.870. The molecule has 0 bridgehead atoms. The Balaban J connectivity index is 2.00. The van der Waals surface area contributed by atoms with Crippen LogP contribution in [0.25, 0.3) is 0 Å². The van der Waals surface area contributed by atoms with Crippen LogP contribution in [0.1, 0.15) is 56.0 Å². The molecule has 0 aromatic heterocycles. The smallest absolute Gasteiger partial charge is 0.238 e. The van der Waals surface area contributed by atoms with Crippen molar-refractivity contribution >= 4 is 35.0 Å². The maximum atomic E-state index is 12.8. The second kappa shape index (κ2) is 8.61. The Hall–Kier alpha value is -2.27. The van der Waals surface area contributed by atoms with E-state index in [2.05, 4.69) is 25.2 Å². The van der Waals surface area contributed by atoms with Crippen LogP contribution in [0, 0.1) is 0 Å². The van der Waals surface area contributed by atoms with Crippen LogP contribution in [0.4, 0.5) is 11.4 Å². The number of nitrogens with zero attached hydrogens (tertiary/aromatic N) is 1. The van der Waals surface area contributed by atoms with Crippen LogP contribution in [-0.2, 0) is 9.59 Å². The number of hydrogen-bond donors (Lipinski definition) is 1. The molecule has 27 heavy (non-hydrogen) atoms. The van der Waals surface area contributed by atoms with Crippen LogP contribution in [-0.4, -0.2) is 17.6 Å². The number of hydrogen-bond acceptors (Lipinski definition) is 3. The number of rotatable bonds is 6. The van der Waals surface area contributed by atoms with Crippen LogP contribution in [0.15, 0.2) is 48.5 Å². The molecule has 2 aromatic carbocycles. The first-order valence-corrected chi connectivity index (χ1v) is 10.5. The molecule has 1 aliphatic heterocycles. The number of para-hydroxylation sites is 2. The number of amides is 2. The van der Waals surface area contributed by atoms with E-state index in [4.69, 9.17) is 0 Å². The summed E-state index contributed by atoms with van der Waals surface area (Å²) < 4.78 is 0. The fourth-order valence-electron chi connectivity index (χ4n) is 3.38. The first-order valence-electron chi connectivity index (χ1n) is 9.44. The molecule has 1 atom stereocenters. The summed E-state index contributed by atoms with van der Waals surface area (Å²) in [4.78, 5) is 26.8. The van der Waals surface area contributed by atoms with E-state index in [1.807, 2.05) is 54.3 Å². The molecule has 2 amide bonds. The van der Waals surface area contributed by atoms with Crippen molar-refractivity contribution in [1.29, 1.82) is 0 Å². The molecule has 5 heteroatoms. The van der Waals surface area contributed by atoms with E-state index in [-0.39, 0.29) is 17.2 Å². The van der Waals surface area contributed by atoms with Crippen molar-refractivity contribution in [3.05, 3.63) is 59.7 Å². The summed E-state index contributed by atoms with van der Waals surface area (Å²) in [7, 11) is 0. The Kier molecular flexibility index (Phi) is 6.22. The second-order valence-electron chi connectivity index (χ2n) is 7.03. The Morgan fingerprint density at radius 2 is 1.89 bits per heavy atom. The predicted octanol–water partition coefficient (Wildman–Crippen LogP) is 5.33. The summed E-state index contributed by atoms with van der Waals surface area (Å²) in [5, 5.41) is 2.88. The monoisotopic (exact) mass is 382 g/mol. The van der Waals surface area contributed by atoms with Crippen molar-refractivity contribution in [2.75, 3.05) is 16.0 Å². The van der Waals surface area contributed by atoms with E-state index < -0.39 is 0 Å². The Morgan fingerprint density at radius 1 is 1.19 bits per heavy atom. The number of anilines is 2. The molecule has 1 heterocycles. The van der Waals surface area contributed by atoms with Gasteiger partial charge in [0.1, 0.15) is 5.37 Å². The lowest BCUT2D eigenvalue weighted by Gasteiger charge is -2.29. The predicted molar refractivity (Wildman–Crippen MR) is 113 cm³/mol. The summed E-state index contributed by atoms with van der Waals surface area (Å²) in [6, 6.07) is 15.9. The molecule has 142 valence electrons. The number of benzene rings is 2. The summed E-state index contributed by atoms with van der Waals surface area (Å²) in [6.45, 7) is 6.27. The molecule has 3 rings (SSSR count). The zero-order valence-electron chi connectivity index (χ0n) is 16.1. The molecule has 1 N–H and O–H groups in total. The van der Waals surface area contributed by atoms with Crippen molar-refractivity contribution in [3.8, 4) is 0 Å². The minimum atomic E-state index is -0.143. The summed E-state index contributed by atoms with van der Waals surface area (Å²) in [6.07, 6.45) is 1.30. The van der Waals surface area contributed by atoms with Gasteiger partial charge in [0.05, 0.1) is 5.75 Å². The molecular weight excluding hydrogens is 356 g/mol. The lowest BCUT2D eigenvalue weighted by atomic mass is 10.00. The van der Waals surface area contributed by atoms with Gasteiger partial charge >= 0.3 is 0 Å². The van der Waals surface area contributed by atoms with Gasteiger partial charge in [-0.25, -0.2) is 0 Å². The van der Waals surface area contributed by atoms with E-state index in [0.717, 1.165) is 28.9 Å². The van der Waals surface area contributed by atoms with Gasteiger partial charge < -0.3 is 5.32 Å². The number of nitrogens with one attached hydrogen (secondary N) is 1. The van der Waals surface area contributed by atoms with Gasteiger partial charge in [-0.05, 0) is 30.0 Å². The highest BCUT2D eigenvalue weighted by Crippen LogP contribution is 2.45. The first kappa shape index (κ1) is 19.5. The minimum absolute atomic E-state index is 0.00778. The van der Waals surface area contributed by atoms with E-state index in [1.165, 1.54) is 0 Å². The lowest BCUT2D eigenvalue weighted by molar-refractivity contribution is -0.116. The van der Waals surface area contributed by atoms with Crippen LogP contribution in [0.2, 0.25) is 0 Å². The molecule has 1 aliphatic rings. The highest BCUT2D eigenvalue weighted by atomic mass is 32.2. The zero-order valence-corrected chi connectivity index (χ0v) is 16.9. The van der Waals surface area contributed by atoms with E-state index in [0.29, 0.717) is 18.1 Å². The molecule has 1 fully saturated rings. The van der Waals surface area contributed by atoms with Crippen molar-refractivity contribution in [2.45, 2.75) is 44.9 Å². The SMILES string of the molecule is CCCC(=O)Nc1ccccc1[C@H]1SCC(=O)N1c1ccccc1C(C)C. The Bertz CT molecular complexity index is 835. The average molecular weight is 383 g/mol. The van der Waals surface area contributed by atoms with Gasteiger partial charge in [0.25, 0.3) is 0 Å². The highest BCUT2D eigenvalue weighted by Gasteiger charge is 2.36. The fourth-order valence-corrected chi connectivity index (χ4v) is 4.58. The third kappa shape index (κ3) is 4.19. The summed E-state index contributed by atoms with van der Waals surface area (Å²) in [5.41, 5.74) is 3.87. The van der Waals surface area contributed by atoms with E-state index in [9.17, 15) is 9.59 Å². The number of carbonyl (C=O) groups is 2. The molecule has 0 saturated carbocycles. The average Bonchev–Trinajstić information content (AvgIpc) is 3.03. The molecule has 0 spiro atoms. The van der Waals surface area contributed by atoms with Crippen LogP contribution < -0.4 is 10.2 Å². The second-order valence-corrected chi connectivity index (χ2v) is 8.09. The minimum Gasteiger partial charge on any atom is -0.326 e. The molecule has 0 aliphatic carbocycles. The molecule has 2 aromatic rings. The largest absolute Gasteiger partial charge is 0.326 e. The Labute approximate surface area is 165 Å². The normalized spacial score (nSPS) is 16.8. The van der Waals surface area contributed by atoms with E-state index in [1.54, 1.807) is 11.8 Å². The molecule has 4 nitrogen and oxygen atoms in total. The van der Waals surface area contributed by atoms with Crippen molar-refractivity contribution in [1.82, 2.24) is 0 Å². The quantitative estimate of drug-likeness (QED) is 0.735.